The third kappa shape index (κ3) is 3.91. The van der Waals surface area contributed by atoms with Crippen LogP contribution in [0.15, 0.2) is 41.3 Å². The smallest absolute Gasteiger partial charge is 0.417 e. The maximum absolute atomic E-state index is 13.1. The second-order valence-electron chi connectivity index (χ2n) is 5.46. The highest BCUT2D eigenvalue weighted by Crippen LogP contribution is 2.38. The molecular weight excluding hydrogens is 391 g/mol. The lowest BCUT2D eigenvalue weighted by atomic mass is 10.2. The minimum Gasteiger partial charge on any atom is -0.496 e. The van der Waals surface area contributed by atoms with Gasteiger partial charge in [-0.2, -0.15) is 13.2 Å². The SMILES string of the molecule is CCN(c1ccc(Cl)c(C(F)(F)F)c1)S(=O)(=O)c1ccc(OC)c(C)c1. The third-order valence-electron chi connectivity index (χ3n) is 3.78. The van der Waals surface area contributed by atoms with Gasteiger partial charge in [0.05, 0.1) is 28.3 Å². The average Bonchev–Trinajstić information content (AvgIpc) is 2.55. The second-order valence-corrected chi connectivity index (χ2v) is 7.73. The van der Waals surface area contributed by atoms with Gasteiger partial charge in [-0.25, -0.2) is 8.42 Å². The van der Waals surface area contributed by atoms with Crippen LogP contribution in [0.1, 0.15) is 18.1 Å². The average molecular weight is 408 g/mol. The number of halogens is 4. The predicted molar refractivity (Wildman–Crippen MR) is 94.4 cm³/mol. The van der Waals surface area contributed by atoms with Crippen molar-refractivity contribution in [2.75, 3.05) is 18.0 Å². The van der Waals surface area contributed by atoms with Crippen LogP contribution in [0.4, 0.5) is 18.9 Å². The Morgan fingerprint density at radius 3 is 2.31 bits per heavy atom. The molecule has 0 bridgehead atoms. The maximum atomic E-state index is 13.1. The van der Waals surface area contributed by atoms with E-state index in [1.807, 2.05) is 0 Å². The van der Waals surface area contributed by atoms with E-state index >= 15 is 0 Å². The standard InChI is InChI=1S/C17H17ClF3NO3S/c1-4-22(12-5-7-15(18)14(10-12)17(19,20)21)26(23,24)13-6-8-16(25-3)11(2)9-13/h5-10H,4H2,1-3H3. The molecule has 0 unspecified atom stereocenters. The molecule has 9 heteroatoms. The van der Waals surface area contributed by atoms with Gasteiger partial charge < -0.3 is 4.74 Å². The number of anilines is 1. The Hall–Kier alpha value is -1.93. The number of rotatable bonds is 5. The molecule has 4 nitrogen and oxygen atoms in total. The molecule has 142 valence electrons. The van der Waals surface area contributed by atoms with Gasteiger partial charge in [-0.15, -0.1) is 0 Å². The van der Waals surface area contributed by atoms with E-state index in [1.54, 1.807) is 6.92 Å². The molecule has 0 saturated carbocycles. The normalized spacial score (nSPS) is 12.1. The Balaban J connectivity index is 2.55. The molecule has 26 heavy (non-hydrogen) atoms. The zero-order valence-electron chi connectivity index (χ0n) is 14.3. The van der Waals surface area contributed by atoms with Crippen molar-refractivity contribution in [1.29, 1.82) is 0 Å². The lowest BCUT2D eigenvalue weighted by molar-refractivity contribution is -0.137. The van der Waals surface area contributed by atoms with Crippen LogP contribution in [0.5, 0.6) is 5.75 Å². The first kappa shape index (κ1) is 20.4. The highest BCUT2D eigenvalue weighted by molar-refractivity contribution is 7.92. The van der Waals surface area contributed by atoms with Gasteiger partial charge in [0.1, 0.15) is 5.75 Å². The highest BCUT2D eigenvalue weighted by Gasteiger charge is 2.35. The van der Waals surface area contributed by atoms with E-state index in [0.717, 1.165) is 16.4 Å². The molecule has 0 aromatic heterocycles. The number of benzene rings is 2. The van der Waals surface area contributed by atoms with E-state index in [-0.39, 0.29) is 17.1 Å². The van der Waals surface area contributed by atoms with Crippen LogP contribution in [-0.2, 0) is 16.2 Å². The molecule has 0 aliphatic carbocycles. The first-order valence-electron chi connectivity index (χ1n) is 7.56. The van der Waals surface area contributed by atoms with Crippen molar-refractivity contribution in [2.24, 2.45) is 0 Å². The molecular formula is C17H17ClF3NO3S. The number of alkyl halides is 3. The quantitative estimate of drug-likeness (QED) is 0.708. The van der Waals surface area contributed by atoms with E-state index in [1.165, 1.54) is 38.3 Å². The summed E-state index contributed by atoms with van der Waals surface area (Å²) in [6.45, 7) is 3.17. The summed E-state index contributed by atoms with van der Waals surface area (Å²) in [7, 11) is -2.60. The fraction of sp³-hybridized carbons (Fsp3) is 0.294. The molecule has 0 aliphatic rings. The molecule has 2 aromatic carbocycles. The second kappa shape index (κ2) is 7.36. The Kier molecular flexibility index (Phi) is 5.77. The summed E-state index contributed by atoms with van der Waals surface area (Å²) in [4.78, 5) is -0.0406. The number of hydrogen-bond donors (Lipinski definition) is 0. The molecule has 0 amide bonds. The molecule has 2 rings (SSSR count). The summed E-state index contributed by atoms with van der Waals surface area (Å²) in [6.07, 6.45) is -4.69. The summed E-state index contributed by atoms with van der Waals surface area (Å²) in [5.74, 6) is 0.512. The van der Waals surface area contributed by atoms with Gasteiger partial charge in [-0.1, -0.05) is 11.6 Å². The van der Waals surface area contributed by atoms with Gasteiger partial charge in [-0.3, -0.25) is 4.31 Å². The largest absolute Gasteiger partial charge is 0.496 e. The minimum atomic E-state index is -4.69. The zero-order chi connectivity index (χ0) is 19.7. The zero-order valence-corrected chi connectivity index (χ0v) is 15.8. The van der Waals surface area contributed by atoms with Crippen molar-refractivity contribution in [3.63, 3.8) is 0 Å². The van der Waals surface area contributed by atoms with E-state index in [9.17, 15) is 21.6 Å². The van der Waals surface area contributed by atoms with Crippen LogP contribution in [0.2, 0.25) is 5.02 Å². The van der Waals surface area contributed by atoms with Crippen LogP contribution < -0.4 is 9.04 Å². The van der Waals surface area contributed by atoms with Crippen molar-refractivity contribution in [1.82, 2.24) is 0 Å². The van der Waals surface area contributed by atoms with Crippen molar-refractivity contribution in [3.8, 4) is 5.75 Å². The Bertz CT molecular complexity index is 914. The number of ether oxygens (including phenoxy) is 1. The molecule has 0 spiro atoms. The number of sulfonamides is 1. The monoisotopic (exact) mass is 407 g/mol. The van der Waals surface area contributed by atoms with Crippen LogP contribution in [0.3, 0.4) is 0 Å². The van der Waals surface area contributed by atoms with Crippen LogP contribution in [-0.4, -0.2) is 22.1 Å². The predicted octanol–water partition coefficient (Wildman–Crippen LogP) is 4.89. The lowest BCUT2D eigenvalue weighted by Gasteiger charge is -2.24. The maximum Gasteiger partial charge on any atom is 0.417 e. The molecule has 0 saturated heterocycles. The molecule has 0 aliphatic heterocycles. The van der Waals surface area contributed by atoms with E-state index in [4.69, 9.17) is 16.3 Å². The summed E-state index contributed by atoms with van der Waals surface area (Å²) >= 11 is 5.61. The van der Waals surface area contributed by atoms with Crippen molar-refractivity contribution >= 4 is 27.3 Å². The van der Waals surface area contributed by atoms with E-state index < -0.39 is 26.8 Å². The molecule has 0 N–H and O–H groups in total. The minimum absolute atomic E-state index is 0.0406. The lowest BCUT2D eigenvalue weighted by Crippen LogP contribution is -2.31. The molecule has 0 heterocycles. The number of hydrogen-bond acceptors (Lipinski definition) is 3. The molecule has 0 atom stereocenters. The van der Waals surface area contributed by atoms with Crippen LogP contribution >= 0.6 is 11.6 Å². The topological polar surface area (TPSA) is 46.6 Å². The summed E-state index contributed by atoms with van der Waals surface area (Å²) < 4.78 is 71.1. The first-order chi connectivity index (χ1) is 12.0. The van der Waals surface area contributed by atoms with Gasteiger partial charge in [0, 0.05) is 6.54 Å². The van der Waals surface area contributed by atoms with Crippen molar-refractivity contribution in [3.05, 3.63) is 52.5 Å². The highest BCUT2D eigenvalue weighted by atomic mass is 35.5. The Morgan fingerprint density at radius 2 is 1.81 bits per heavy atom. The van der Waals surface area contributed by atoms with Gasteiger partial charge in [0.15, 0.2) is 0 Å². The third-order valence-corrected chi connectivity index (χ3v) is 6.01. The van der Waals surface area contributed by atoms with Gasteiger partial charge >= 0.3 is 6.18 Å². The fourth-order valence-electron chi connectivity index (χ4n) is 2.52. The molecule has 0 fully saturated rings. The number of nitrogens with zero attached hydrogens (tertiary/aromatic N) is 1. The van der Waals surface area contributed by atoms with Gasteiger partial charge in [-0.05, 0) is 55.8 Å². The number of aryl methyl sites for hydroxylation is 1. The summed E-state index contributed by atoms with van der Waals surface area (Å²) in [6, 6.07) is 7.28. The summed E-state index contributed by atoms with van der Waals surface area (Å²) in [5, 5.41) is -0.491. The van der Waals surface area contributed by atoms with Crippen molar-refractivity contribution in [2.45, 2.75) is 24.9 Å². The fourth-order valence-corrected chi connectivity index (χ4v) is 4.29. The van der Waals surface area contributed by atoms with Crippen molar-refractivity contribution < 1.29 is 26.3 Å². The molecule has 2 aromatic rings. The van der Waals surface area contributed by atoms with E-state index in [0.29, 0.717) is 11.3 Å². The van der Waals surface area contributed by atoms with Gasteiger partial charge in [0.2, 0.25) is 0 Å². The number of methoxy groups -OCH3 is 1. The van der Waals surface area contributed by atoms with Gasteiger partial charge in [0.25, 0.3) is 10.0 Å². The van der Waals surface area contributed by atoms with Crippen LogP contribution in [0, 0.1) is 6.92 Å². The Labute approximate surface area is 155 Å². The Morgan fingerprint density at radius 1 is 1.15 bits per heavy atom. The summed E-state index contributed by atoms with van der Waals surface area (Å²) in [5.41, 5.74) is -0.606. The molecule has 0 radical (unpaired) electrons. The van der Waals surface area contributed by atoms with E-state index in [2.05, 4.69) is 0 Å². The van der Waals surface area contributed by atoms with Crippen LogP contribution in [0.25, 0.3) is 0 Å². The first-order valence-corrected chi connectivity index (χ1v) is 9.38.